The topological polar surface area (TPSA) is 87.5 Å². The van der Waals surface area contributed by atoms with Crippen LogP contribution in [0.1, 0.15) is 35.2 Å². The van der Waals surface area contributed by atoms with Gasteiger partial charge in [0.2, 0.25) is 5.91 Å². The van der Waals surface area contributed by atoms with E-state index in [1.54, 1.807) is 23.9 Å². The molecule has 7 heteroatoms. The van der Waals surface area contributed by atoms with Gasteiger partial charge >= 0.3 is 0 Å². The molecule has 0 aromatic heterocycles. The average molecular weight is 379 g/mol. The first-order valence-electron chi connectivity index (χ1n) is 9.22. The van der Waals surface area contributed by atoms with Crippen molar-refractivity contribution in [3.05, 3.63) is 35.4 Å². The number of benzene rings is 1. The summed E-state index contributed by atoms with van der Waals surface area (Å²) < 4.78 is 0. The molecule has 0 bridgehead atoms. The Morgan fingerprint density at radius 2 is 1.88 bits per heavy atom. The molecule has 1 heterocycles. The van der Waals surface area contributed by atoms with E-state index in [1.807, 2.05) is 18.4 Å². The van der Waals surface area contributed by atoms with Gasteiger partial charge in [-0.3, -0.25) is 9.59 Å². The van der Waals surface area contributed by atoms with Gasteiger partial charge in [-0.1, -0.05) is 12.1 Å². The molecule has 144 valence electrons. The summed E-state index contributed by atoms with van der Waals surface area (Å²) in [5.41, 5.74) is 7.43. The summed E-state index contributed by atoms with van der Waals surface area (Å²) in [6.07, 6.45) is 5.18. The van der Waals surface area contributed by atoms with Crippen molar-refractivity contribution >= 4 is 23.6 Å². The standard InChI is InChI=1S/C19H30N4O2S/c1-26-13-8-17(20)19(25)22-14-15-4-6-16(7-5-15)18(24)21-9-12-23-10-2-3-11-23/h4-7,17H,2-3,8-14,20H2,1H3,(H,21,24)(H,22,25)/t17-/m0/s1. The van der Waals surface area contributed by atoms with Crippen LogP contribution in [0.4, 0.5) is 0 Å². The Labute approximate surface area is 160 Å². The van der Waals surface area contributed by atoms with E-state index in [9.17, 15) is 9.59 Å². The Bertz CT molecular complexity index is 573. The first kappa shape index (κ1) is 20.7. The zero-order valence-corrected chi connectivity index (χ0v) is 16.3. The number of carbonyl (C=O) groups excluding carboxylic acids is 2. The van der Waals surface area contributed by atoms with E-state index >= 15 is 0 Å². The molecule has 0 radical (unpaired) electrons. The van der Waals surface area contributed by atoms with Crippen molar-refractivity contribution in [3.8, 4) is 0 Å². The molecule has 1 atom stereocenters. The largest absolute Gasteiger partial charge is 0.351 e. The van der Waals surface area contributed by atoms with Crippen LogP contribution in [0.15, 0.2) is 24.3 Å². The minimum absolute atomic E-state index is 0.0566. The lowest BCUT2D eigenvalue weighted by atomic mass is 10.1. The SMILES string of the molecule is CSCC[C@H](N)C(=O)NCc1ccc(C(=O)NCCN2CCCC2)cc1. The van der Waals surface area contributed by atoms with Crippen LogP contribution in [0.5, 0.6) is 0 Å². The molecule has 26 heavy (non-hydrogen) atoms. The predicted molar refractivity (Wildman–Crippen MR) is 107 cm³/mol. The van der Waals surface area contributed by atoms with E-state index in [0.717, 1.165) is 31.0 Å². The van der Waals surface area contributed by atoms with Gasteiger partial charge in [0, 0.05) is 25.2 Å². The molecule has 1 aromatic rings. The minimum atomic E-state index is -0.469. The Kier molecular flexibility index (Phi) is 8.94. The van der Waals surface area contributed by atoms with Gasteiger partial charge in [-0.05, 0) is 62.1 Å². The molecule has 1 saturated heterocycles. The molecular formula is C19H30N4O2S. The Hall–Kier alpha value is -1.57. The van der Waals surface area contributed by atoms with Crippen LogP contribution >= 0.6 is 11.8 Å². The quantitative estimate of drug-likeness (QED) is 0.570. The molecule has 4 N–H and O–H groups in total. The number of nitrogens with two attached hydrogens (primary N) is 1. The van der Waals surface area contributed by atoms with Gasteiger partial charge in [0.05, 0.1) is 6.04 Å². The van der Waals surface area contributed by atoms with Crippen molar-refractivity contribution in [2.45, 2.75) is 31.8 Å². The van der Waals surface area contributed by atoms with Gasteiger partial charge in [0.1, 0.15) is 0 Å². The second kappa shape index (κ2) is 11.2. The fourth-order valence-corrected chi connectivity index (χ4v) is 3.40. The van der Waals surface area contributed by atoms with Gasteiger partial charge in [-0.2, -0.15) is 11.8 Å². The number of nitrogens with one attached hydrogen (secondary N) is 2. The summed E-state index contributed by atoms with van der Waals surface area (Å²) in [7, 11) is 0. The molecule has 0 aliphatic carbocycles. The summed E-state index contributed by atoms with van der Waals surface area (Å²) in [6.45, 7) is 4.27. The molecular weight excluding hydrogens is 348 g/mol. The molecule has 2 rings (SSSR count). The van der Waals surface area contributed by atoms with Crippen LogP contribution in [0.2, 0.25) is 0 Å². The number of likely N-dealkylation sites (tertiary alicyclic amines) is 1. The lowest BCUT2D eigenvalue weighted by Gasteiger charge is -2.15. The number of hydrogen-bond acceptors (Lipinski definition) is 5. The zero-order valence-electron chi connectivity index (χ0n) is 15.5. The van der Waals surface area contributed by atoms with Crippen LogP contribution in [-0.2, 0) is 11.3 Å². The lowest BCUT2D eigenvalue weighted by Crippen LogP contribution is -2.40. The third-order valence-electron chi connectivity index (χ3n) is 4.56. The second-order valence-electron chi connectivity index (χ2n) is 6.61. The molecule has 0 saturated carbocycles. The van der Waals surface area contributed by atoms with E-state index in [-0.39, 0.29) is 11.8 Å². The van der Waals surface area contributed by atoms with Gasteiger partial charge < -0.3 is 21.3 Å². The van der Waals surface area contributed by atoms with E-state index in [1.165, 1.54) is 12.8 Å². The highest BCUT2D eigenvalue weighted by Crippen LogP contribution is 2.07. The average Bonchev–Trinajstić information content (AvgIpc) is 3.17. The summed E-state index contributed by atoms with van der Waals surface area (Å²) in [4.78, 5) is 26.4. The van der Waals surface area contributed by atoms with Crippen LogP contribution < -0.4 is 16.4 Å². The molecule has 1 aliphatic rings. The number of rotatable bonds is 10. The van der Waals surface area contributed by atoms with Gasteiger partial charge in [-0.15, -0.1) is 0 Å². The Balaban J connectivity index is 1.71. The fraction of sp³-hybridized carbons (Fsp3) is 0.579. The van der Waals surface area contributed by atoms with Crippen molar-refractivity contribution in [3.63, 3.8) is 0 Å². The number of nitrogens with zero attached hydrogens (tertiary/aromatic N) is 1. The van der Waals surface area contributed by atoms with Crippen molar-refractivity contribution < 1.29 is 9.59 Å². The number of thioether (sulfide) groups is 1. The van der Waals surface area contributed by atoms with Gasteiger partial charge in [-0.25, -0.2) is 0 Å². The maximum Gasteiger partial charge on any atom is 0.251 e. The summed E-state index contributed by atoms with van der Waals surface area (Å²) >= 11 is 1.68. The maximum atomic E-state index is 12.2. The van der Waals surface area contributed by atoms with Crippen LogP contribution in [0.25, 0.3) is 0 Å². The first-order valence-corrected chi connectivity index (χ1v) is 10.6. The van der Waals surface area contributed by atoms with Crippen LogP contribution in [0.3, 0.4) is 0 Å². The Morgan fingerprint density at radius 1 is 1.19 bits per heavy atom. The third-order valence-corrected chi connectivity index (χ3v) is 5.21. The highest BCUT2D eigenvalue weighted by molar-refractivity contribution is 7.98. The molecule has 2 amide bonds. The normalized spacial score (nSPS) is 15.6. The summed E-state index contributed by atoms with van der Waals surface area (Å²) in [5, 5.41) is 5.80. The maximum absolute atomic E-state index is 12.2. The lowest BCUT2D eigenvalue weighted by molar-refractivity contribution is -0.122. The van der Waals surface area contributed by atoms with Gasteiger partial charge in [0.15, 0.2) is 0 Å². The highest BCUT2D eigenvalue weighted by atomic mass is 32.2. The van der Waals surface area contributed by atoms with E-state index in [0.29, 0.717) is 25.1 Å². The van der Waals surface area contributed by atoms with E-state index < -0.39 is 6.04 Å². The summed E-state index contributed by atoms with van der Waals surface area (Å²) in [5.74, 6) is 0.678. The second-order valence-corrected chi connectivity index (χ2v) is 7.59. The third kappa shape index (κ3) is 6.97. The number of hydrogen-bond donors (Lipinski definition) is 3. The molecule has 1 fully saturated rings. The Morgan fingerprint density at radius 3 is 2.54 bits per heavy atom. The predicted octanol–water partition coefficient (Wildman–Crippen LogP) is 1.21. The van der Waals surface area contributed by atoms with Crippen molar-refractivity contribution in [2.24, 2.45) is 5.73 Å². The minimum Gasteiger partial charge on any atom is -0.351 e. The smallest absolute Gasteiger partial charge is 0.251 e. The van der Waals surface area contributed by atoms with Crippen molar-refractivity contribution in [1.29, 1.82) is 0 Å². The number of amides is 2. The van der Waals surface area contributed by atoms with E-state index in [4.69, 9.17) is 5.73 Å². The van der Waals surface area contributed by atoms with Crippen LogP contribution in [0, 0.1) is 0 Å². The van der Waals surface area contributed by atoms with Crippen molar-refractivity contribution in [1.82, 2.24) is 15.5 Å². The van der Waals surface area contributed by atoms with Crippen LogP contribution in [-0.4, -0.2) is 60.9 Å². The first-order chi connectivity index (χ1) is 12.6. The monoisotopic (exact) mass is 378 g/mol. The van der Waals surface area contributed by atoms with Gasteiger partial charge in [0.25, 0.3) is 5.91 Å². The number of carbonyl (C=O) groups is 2. The summed E-state index contributed by atoms with van der Waals surface area (Å²) in [6, 6.07) is 6.84. The molecule has 0 unspecified atom stereocenters. The van der Waals surface area contributed by atoms with Crippen molar-refractivity contribution in [2.75, 3.05) is 38.2 Å². The van der Waals surface area contributed by atoms with E-state index in [2.05, 4.69) is 15.5 Å². The zero-order chi connectivity index (χ0) is 18.8. The molecule has 1 aliphatic heterocycles. The molecule has 1 aromatic carbocycles. The molecule has 0 spiro atoms. The fourth-order valence-electron chi connectivity index (χ4n) is 2.91. The highest BCUT2D eigenvalue weighted by Gasteiger charge is 2.13. The molecule has 6 nitrogen and oxygen atoms in total.